The summed E-state index contributed by atoms with van der Waals surface area (Å²) in [5.41, 5.74) is 0.977. The van der Waals surface area contributed by atoms with E-state index in [2.05, 4.69) is 4.72 Å². The monoisotopic (exact) mass is 359 g/mol. The number of ether oxygens (including phenoxy) is 1. The summed E-state index contributed by atoms with van der Waals surface area (Å²) in [6.45, 7) is 0.869. The van der Waals surface area contributed by atoms with Gasteiger partial charge >= 0.3 is 0 Å². The van der Waals surface area contributed by atoms with Gasteiger partial charge in [-0.15, -0.1) is 0 Å². The topological polar surface area (TPSA) is 55.4 Å². The van der Waals surface area contributed by atoms with Crippen LogP contribution >= 0.6 is 23.2 Å². The SMILES string of the molecule is O=S(=O)(NCCOCc1ccc(Cl)cc1)c1ccc(Cl)cc1. The molecule has 1 N–H and O–H groups in total. The van der Waals surface area contributed by atoms with Crippen LogP contribution < -0.4 is 4.72 Å². The lowest BCUT2D eigenvalue weighted by molar-refractivity contribution is 0.126. The van der Waals surface area contributed by atoms with Crippen molar-refractivity contribution in [3.8, 4) is 0 Å². The van der Waals surface area contributed by atoms with E-state index in [1.165, 1.54) is 24.3 Å². The molecule has 2 rings (SSSR count). The van der Waals surface area contributed by atoms with Crippen molar-refractivity contribution in [1.29, 1.82) is 0 Å². The number of nitrogens with one attached hydrogen (secondary N) is 1. The van der Waals surface area contributed by atoms with Crippen LogP contribution in [0.15, 0.2) is 53.4 Å². The molecule has 7 heteroatoms. The van der Waals surface area contributed by atoms with Gasteiger partial charge in [-0.1, -0.05) is 35.3 Å². The van der Waals surface area contributed by atoms with Crippen molar-refractivity contribution in [1.82, 2.24) is 4.72 Å². The minimum atomic E-state index is -3.53. The van der Waals surface area contributed by atoms with Crippen molar-refractivity contribution in [3.63, 3.8) is 0 Å². The summed E-state index contributed by atoms with van der Waals surface area (Å²) in [6, 6.07) is 13.3. The van der Waals surface area contributed by atoms with Crippen LogP contribution in [0.4, 0.5) is 0 Å². The van der Waals surface area contributed by atoms with Gasteiger partial charge in [-0.3, -0.25) is 0 Å². The van der Waals surface area contributed by atoms with E-state index >= 15 is 0 Å². The van der Waals surface area contributed by atoms with E-state index < -0.39 is 10.0 Å². The second-order valence-electron chi connectivity index (χ2n) is 4.53. The molecule has 118 valence electrons. The van der Waals surface area contributed by atoms with Gasteiger partial charge in [0.25, 0.3) is 0 Å². The zero-order valence-corrected chi connectivity index (χ0v) is 14.0. The molecule has 0 spiro atoms. The predicted molar refractivity (Wildman–Crippen MR) is 87.7 cm³/mol. The summed E-state index contributed by atoms with van der Waals surface area (Å²) >= 11 is 11.5. The van der Waals surface area contributed by atoms with Crippen LogP contribution in [0.25, 0.3) is 0 Å². The third-order valence-electron chi connectivity index (χ3n) is 2.84. The first-order valence-corrected chi connectivity index (χ1v) is 8.79. The minimum Gasteiger partial charge on any atom is -0.375 e. The first kappa shape index (κ1) is 17.2. The van der Waals surface area contributed by atoms with Crippen LogP contribution in [-0.2, 0) is 21.4 Å². The molecule has 2 aromatic carbocycles. The van der Waals surface area contributed by atoms with E-state index in [0.717, 1.165) is 5.56 Å². The smallest absolute Gasteiger partial charge is 0.240 e. The molecule has 0 radical (unpaired) electrons. The zero-order chi connectivity index (χ0) is 16.0. The molecule has 2 aromatic rings. The van der Waals surface area contributed by atoms with Crippen LogP contribution in [-0.4, -0.2) is 21.6 Å². The Morgan fingerprint density at radius 1 is 0.909 bits per heavy atom. The third kappa shape index (κ3) is 5.26. The quantitative estimate of drug-likeness (QED) is 0.769. The van der Waals surface area contributed by atoms with Crippen LogP contribution in [0.1, 0.15) is 5.56 Å². The Bertz CT molecular complexity index is 701. The van der Waals surface area contributed by atoms with E-state index in [1.54, 1.807) is 12.1 Å². The van der Waals surface area contributed by atoms with Crippen molar-refractivity contribution in [2.24, 2.45) is 0 Å². The number of hydrogen-bond donors (Lipinski definition) is 1. The highest BCUT2D eigenvalue weighted by atomic mass is 35.5. The van der Waals surface area contributed by atoms with Gasteiger partial charge < -0.3 is 4.74 Å². The van der Waals surface area contributed by atoms with E-state index in [9.17, 15) is 8.42 Å². The summed E-state index contributed by atoms with van der Waals surface area (Å²) in [6.07, 6.45) is 0. The van der Waals surface area contributed by atoms with Crippen LogP contribution in [0, 0.1) is 0 Å². The highest BCUT2D eigenvalue weighted by Gasteiger charge is 2.12. The fourth-order valence-electron chi connectivity index (χ4n) is 1.72. The van der Waals surface area contributed by atoms with Gasteiger partial charge in [-0.05, 0) is 42.0 Å². The van der Waals surface area contributed by atoms with Crippen LogP contribution in [0.2, 0.25) is 10.0 Å². The van der Waals surface area contributed by atoms with Crippen molar-refractivity contribution >= 4 is 33.2 Å². The van der Waals surface area contributed by atoms with Gasteiger partial charge in [0, 0.05) is 16.6 Å². The van der Waals surface area contributed by atoms with Crippen molar-refractivity contribution in [2.75, 3.05) is 13.2 Å². The van der Waals surface area contributed by atoms with E-state index in [-0.39, 0.29) is 18.0 Å². The molecule has 0 aliphatic rings. The fraction of sp³-hybridized carbons (Fsp3) is 0.200. The first-order valence-electron chi connectivity index (χ1n) is 6.55. The van der Waals surface area contributed by atoms with Gasteiger partial charge in [-0.25, -0.2) is 13.1 Å². The molecule has 0 unspecified atom stereocenters. The zero-order valence-electron chi connectivity index (χ0n) is 11.6. The largest absolute Gasteiger partial charge is 0.375 e. The second kappa shape index (κ2) is 7.94. The molecular formula is C15H15Cl2NO3S. The Morgan fingerprint density at radius 3 is 2.05 bits per heavy atom. The molecule has 0 saturated heterocycles. The maximum absolute atomic E-state index is 12.0. The molecule has 0 aromatic heterocycles. The fourth-order valence-corrected chi connectivity index (χ4v) is 2.98. The number of hydrogen-bond acceptors (Lipinski definition) is 3. The highest BCUT2D eigenvalue weighted by molar-refractivity contribution is 7.89. The Hall–Kier alpha value is -1.11. The molecule has 22 heavy (non-hydrogen) atoms. The Labute approximate surface area is 140 Å². The molecule has 0 heterocycles. The van der Waals surface area contributed by atoms with E-state index in [1.807, 2.05) is 12.1 Å². The number of rotatable bonds is 7. The minimum absolute atomic E-state index is 0.176. The normalized spacial score (nSPS) is 11.5. The Kier molecular flexibility index (Phi) is 6.23. The molecule has 4 nitrogen and oxygen atoms in total. The van der Waals surface area contributed by atoms with Crippen molar-refractivity contribution < 1.29 is 13.2 Å². The second-order valence-corrected chi connectivity index (χ2v) is 7.17. The average molecular weight is 360 g/mol. The summed E-state index contributed by atoms with van der Waals surface area (Å²) in [5.74, 6) is 0. The average Bonchev–Trinajstić information content (AvgIpc) is 2.49. The molecule has 0 aliphatic carbocycles. The molecule has 0 amide bonds. The van der Waals surface area contributed by atoms with Crippen molar-refractivity contribution in [2.45, 2.75) is 11.5 Å². The number of halogens is 2. The van der Waals surface area contributed by atoms with Crippen molar-refractivity contribution in [3.05, 3.63) is 64.1 Å². The van der Waals surface area contributed by atoms with Crippen LogP contribution in [0.3, 0.4) is 0 Å². The van der Waals surface area contributed by atoms with Gasteiger partial charge in [0.2, 0.25) is 10.0 Å². The molecular weight excluding hydrogens is 345 g/mol. The molecule has 0 aliphatic heterocycles. The number of sulfonamides is 1. The lowest BCUT2D eigenvalue weighted by atomic mass is 10.2. The summed E-state index contributed by atoms with van der Waals surface area (Å²) in [4.78, 5) is 0.176. The highest BCUT2D eigenvalue weighted by Crippen LogP contribution is 2.13. The Balaban J connectivity index is 1.76. The first-order chi connectivity index (χ1) is 10.5. The van der Waals surface area contributed by atoms with Gasteiger partial charge in [0.05, 0.1) is 18.1 Å². The van der Waals surface area contributed by atoms with Gasteiger partial charge in [0.1, 0.15) is 0 Å². The number of benzene rings is 2. The molecule has 0 atom stereocenters. The molecule has 0 bridgehead atoms. The predicted octanol–water partition coefficient (Wildman–Crippen LogP) is 3.49. The third-order valence-corrected chi connectivity index (χ3v) is 4.83. The molecule has 0 saturated carbocycles. The van der Waals surface area contributed by atoms with Crippen LogP contribution in [0.5, 0.6) is 0 Å². The standard InChI is InChI=1S/C15H15Cl2NO3S/c16-13-3-1-12(2-4-13)11-21-10-9-18-22(19,20)15-7-5-14(17)6-8-15/h1-8,18H,9-11H2. The lowest BCUT2D eigenvalue weighted by Crippen LogP contribution is -2.27. The van der Waals surface area contributed by atoms with Gasteiger partial charge in [-0.2, -0.15) is 0 Å². The lowest BCUT2D eigenvalue weighted by Gasteiger charge is -2.08. The summed E-state index contributed by atoms with van der Waals surface area (Å²) in [5, 5.41) is 1.16. The Morgan fingerprint density at radius 2 is 1.45 bits per heavy atom. The summed E-state index contributed by atoms with van der Waals surface area (Å²) in [7, 11) is -3.53. The van der Waals surface area contributed by atoms with Gasteiger partial charge in [0.15, 0.2) is 0 Å². The molecule has 0 fully saturated rings. The maximum Gasteiger partial charge on any atom is 0.240 e. The van der Waals surface area contributed by atoms with E-state index in [0.29, 0.717) is 16.7 Å². The van der Waals surface area contributed by atoms with E-state index in [4.69, 9.17) is 27.9 Å². The summed E-state index contributed by atoms with van der Waals surface area (Å²) < 4.78 is 31.9. The maximum atomic E-state index is 12.0.